The van der Waals surface area contributed by atoms with Gasteiger partial charge in [0.15, 0.2) is 0 Å². The van der Waals surface area contributed by atoms with Crippen LogP contribution in [-0.4, -0.2) is 24.0 Å². The van der Waals surface area contributed by atoms with Crippen molar-refractivity contribution in [3.05, 3.63) is 23.3 Å². The summed E-state index contributed by atoms with van der Waals surface area (Å²) in [5, 5.41) is 0. The summed E-state index contributed by atoms with van der Waals surface area (Å²) >= 11 is 0. The van der Waals surface area contributed by atoms with Gasteiger partial charge in [-0.3, -0.25) is 4.90 Å². The molecule has 0 radical (unpaired) electrons. The molecule has 1 aliphatic heterocycles. The van der Waals surface area contributed by atoms with E-state index in [2.05, 4.69) is 30.9 Å². The third-order valence-corrected chi connectivity index (χ3v) is 6.51. The fraction of sp³-hybridized carbons (Fsp3) is 0.667. The van der Waals surface area contributed by atoms with Crippen molar-refractivity contribution in [3.63, 3.8) is 0 Å². The summed E-state index contributed by atoms with van der Waals surface area (Å²) < 4.78 is 0. The van der Waals surface area contributed by atoms with Gasteiger partial charge in [0.1, 0.15) is 0 Å². The van der Waals surface area contributed by atoms with Gasteiger partial charge in [-0.1, -0.05) is 13.8 Å². The molecule has 3 atom stereocenters. The molecule has 3 nitrogen and oxygen atoms in total. The van der Waals surface area contributed by atoms with Gasteiger partial charge < -0.3 is 11.5 Å². The van der Waals surface area contributed by atoms with E-state index < -0.39 is 0 Å². The molecule has 2 aliphatic carbocycles. The molecule has 1 saturated heterocycles. The fourth-order valence-electron chi connectivity index (χ4n) is 4.66. The van der Waals surface area contributed by atoms with E-state index in [-0.39, 0.29) is 5.41 Å². The predicted octanol–water partition coefficient (Wildman–Crippen LogP) is 2.79. The first-order valence-electron chi connectivity index (χ1n) is 8.41. The monoisotopic (exact) mass is 285 g/mol. The SMILES string of the molecule is C[C@@H]1[C@H]2Cc3cc(N)c(N)cc3[C@]1(C)CCN2CC1CC1. The smallest absolute Gasteiger partial charge is 0.0550 e. The minimum absolute atomic E-state index is 0.264. The molecule has 1 heterocycles. The Hall–Kier alpha value is -1.22. The van der Waals surface area contributed by atoms with Crippen molar-refractivity contribution in [2.45, 2.75) is 51.0 Å². The van der Waals surface area contributed by atoms with Gasteiger partial charge >= 0.3 is 0 Å². The van der Waals surface area contributed by atoms with Gasteiger partial charge in [-0.15, -0.1) is 0 Å². The van der Waals surface area contributed by atoms with Crippen LogP contribution >= 0.6 is 0 Å². The molecule has 4 rings (SSSR count). The molecule has 0 unspecified atom stereocenters. The summed E-state index contributed by atoms with van der Waals surface area (Å²) in [5.74, 6) is 1.67. The van der Waals surface area contributed by atoms with Crippen LogP contribution < -0.4 is 11.5 Å². The lowest BCUT2D eigenvalue weighted by atomic mass is 9.59. The number of benzene rings is 1. The standard InChI is InChI=1S/C18H27N3/c1-11-17-8-13-7-15(19)16(20)9-14(13)18(11,2)5-6-21(17)10-12-3-4-12/h7,9,11-12,17H,3-6,8,10,19-20H2,1-2H3/t11-,17-,18-/m1/s1. The molecule has 0 amide bonds. The fourth-order valence-corrected chi connectivity index (χ4v) is 4.66. The van der Waals surface area contributed by atoms with Crippen molar-refractivity contribution in [2.75, 3.05) is 24.6 Å². The van der Waals surface area contributed by atoms with E-state index in [1.165, 1.54) is 43.5 Å². The summed E-state index contributed by atoms with van der Waals surface area (Å²) in [6, 6.07) is 4.98. The summed E-state index contributed by atoms with van der Waals surface area (Å²) in [7, 11) is 0. The molecule has 2 fully saturated rings. The topological polar surface area (TPSA) is 55.3 Å². The number of piperidine rings is 1. The first-order chi connectivity index (χ1) is 9.99. The maximum absolute atomic E-state index is 6.08. The second-order valence-electron chi connectivity index (χ2n) is 7.80. The number of nitrogens with zero attached hydrogens (tertiary/aromatic N) is 1. The largest absolute Gasteiger partial charge is 0.397 e. The van der Waals surface area contributed by atoms with Crippen molar-refractivity contribution in [2.24, 2.45) is 11.8 Å². The zero-order valence-electron chi connectivity index (χ0n) is 13.2. The van der Waals surface area contributed by atoms with Gasteiger partial charge in [0, 0.05) is 12.6 Å². The molecule has 0 aromatic heterocycles. The molecule has 3 aliphatic rings. The van der Waals surface area contributed by atoms with E-state index in [9.17, 15) is 0 Å². The van der Waals surface area contributed by atoms with Gasteiger partial charge in [-0.2, -0.15) is 0 Å². The summed E-state index contributed by atoms with van der Waals surface area (Å²) in [6.45, 7) is 7.43. The maximum atomic E-state index is 6.08. The summed E-state index contributed by atoms with van der Waals surface area (Å²) in [6.07, 6.45) is 5.26. The number of nitrogens with two attached hydrogens (primary N) is 2. The van der Waals surface area contributed by atoms with Crippen molar-refractivity contribution < 1.29 is 0 Å². The highest BCUT2D eigenvalue weighted by molar-refractivity contribution is 5.67. The number of likely N-dealkylation sites (tertiary alicyclic amines) is 1. The number of fused-ring (bicyclic) bond motifs is 4. The van der Waals surface area contributed by atoms with E-state index >= 15 is 0 Å². The molecule has 2 bridgehead atoms. The van der Waals surface area contributed by atoms with Gasteiger partial charge in [0.05, 0.1) is 11.4 Å². The van der Waals surface area contributed by atoms with E-state index in [0.29, 0.717) is 12.0 Å². The highest BCUT2D eigenvalue weighted by Gasteiger charge is 2.49. The molecular formula is C18H27N3. The lowest BCUT2D eigenvalue weighted by Gasteiger charge is -2.55. The Morgan fingerprint density at radius 2 is 1.95 bits per heavy atom. The second-order valence-corrected chi connectivity index (χ2v) is 7.80. The zero-order chi connectivity index (χ0) is 14.8. The molecule has 1 aromatic rings. The van der Waals surface area contributed by atoms with Gasteiger partial charge in [0.2, 0.25) is 0 Å². The first-order valence-corrected chi connectivity index (χ1v) is 8.41. The molecule has 3 heteroatoms. The third kappa shape index (κ3) is 1.97. The Morgan fingerprint density at radius 3 is 2.67 bits per heavy atom. The van der Waals surface area contributed by atoms with Crippen molar-refractivity contribution >= 4 is 11.4 Å². The third-order valence-electron chi connectivity index (χ3n) is 6.51. The Kier molecular flexibility index (Phi) is 2.81. The number of nitrogen functional groups attached to an aromatic ring is 2. The number of anilines is 2. The zero-order valence-corrected chi connectivity index (χ0v) is 13.2. The van der Waals surface area contributed by atoms with Crippen LogP contribution in [0.1, 0.15) is 44.2 Å². The molecule has 1 aromatic carbocycles. The Labute approximate surface area is 127 Å². The van der Waals surface area contributed by atoms with Gasteiger partial charge in [0.25, 0.3) is 0 Å². The Morgan fingerprint density at radius 1 is 1.24 bits per heavy atom. The van der Waals surface area contributed by atoms with Crippen molar-refractivity contribution in [1.29, 1.82) is 0 Å². The number of hydrogen-bond acceptors (Lipinski definition) is 3. The van der Waals surface area contributed by atoms with Gasteiger partial charge in [-0.25, -0.2) is 0 Å². The van der Waals surface area contributed by atoms with Crippen LogP contribution in [0.3, 0.4) is 0 Å². The summed E-state index contributed by atoms with van der Waals surface area (Å²) in [4.78, 5) is 2.76. The number of hydrogen-bond donors (Lipinski definition) is 2. The van der Waals surface area contributed by atoms with E-state index in [1.807, 2.05) is 0 Å². The number of rotatable bonds is 2. The maximum Gasteiger partial charge on any atom is 0.0550 e. The minimum atomic E-state index is 0.264. The quantitative estimate of drug-likeness (QED) is 0.822. The van der Waals surface area contributed by atoms with Crippen LogP contribution in [0.2, 0.25) is 0 Å². The van der Waals surface area contributed by atoms with Crippen LogP contribution in [0.5, 0.6) is 0 Å². The van der Waals surface area contributed by atoms with Gasteiger partial charge in [-0.05, 0) is 72.7 Å². The Bertz CT molecular complexity index is 578. The van der Waals surface area contributed by atoms with E-state index in [0.717, 1.165) is 23.7 Å². The normalized spacial score (nSPS) is 35.5. The highest BCUT2D eigenvalue weighted by atomic mass is 15.2. The average molecular weight is 285 g/mol. The first kappa shape index (κ1) is 13.4. The van der Waals surface area contributed by atoms with Crippen molar-refractivity contribution in [1.82, 2.24) is 4.90 Å². The molecule has 4 N–H and O–H groups in total. The molecular weight excluding hydrogens is 258 g/mol. The van der Waals surface area contributed by atoms with Crippen LogP contribution in [0.25, 0.3) is 0 Å². The van der Waals surface area contributed by atoms with E-state index in [4.69, 9.17) is 11.5 Å². The van der Waals surface area contributed by atoms with Crippen LogP contribution in [0, 0.1) is 11.8 Å². The molecule has 1 saturated carbocycles. The summed E-state index contributed by atoms with van der Waals surface area (Å²) in [5.41, 5.74) is 16.8. The molecule has 0 spiro atoms. The predicted molar refractivity (Wildman–Crippen MR) is 88.2 cm³/mol. The van der Waals surface area contributed by atoms with Crippen LogP contribution in [0.4, 0.5) is 11.4 Å². The minimum Gasteiger partial charge on any atom is -0.397 e. The highest BCUT2D eigenvalue weighted by Crippen LogP contribution is 2.50. The lowest BCUT2D eigenvalue weighted by molar-refractivity contribution is 0.0285. The Balaban J connectivity index is 1.74. The molecule has 114 valence electrons. The van der Waals surface area contributed by atoms with Crippen LogP contribution in [-0.2, 0) is 11.8 Å². The van der Waals surface area contributed by atoms with Crippen LogP contribution in [0.15, 0.2) is 12.1 Å². The molecule has 21 heavy (non-hydrogen) atoms. The average Bonchev–Trinajstić information content (AvgIpc) is 3.24. The van der Waals surface area contributed by atoms with E-state index in [1.54, 1.807) is 0 Å². The lowest BCUT2D eigenvalue weighted by Crippen LogP contribution is -2.58. The van der Waals surface area contributed by atoms with Crippen molar-refractivity contribution in [3.8, 4) is 0 Å². The second kappa shape index (κ2) is 4.39.